The largest absolute Gasteiger partial charge is 0.435 e. The molecule has 3 rings (SSSR count). The number of rotatable bonds is 3. The molecule has 0 spiro atoms. The zero-order chi connectivity index (χ0) is 16.3. The molecule has 1 aromatic heterocycles. The van der Waals surface area contributed by atoms with Crippen LogP contribution in [0.15, 0.2) is 0 Å². The van der Waals surface area contributed by atoms with E-state index < -0.39 is 35.9 Å². The average Bonchev–Trinajstić information content (AvgIpc) is 3.00. The van der Waals surface area contributed by atoms with E-state index in [0.717, 1.165) is 12.8 Å². The van der Waals surface area contributed by atoms with Gasteiger partial charge in [-0.15, -0.1) is 0 Å². The van der Waals surface area contributed by atoms with Gasteiger partial charge in [-0.25, -0.2) is 8.78 Å². The second-order valence-corrected chi connectivity index (χ2v) is 6.65. The highest BCUT2D eigenvalue weighted by atomic mass is 19.4. The molecule has 22 heavy (non-hydrogen) atoms. The third kappa shape index (κ3) is 2.61. The molecule has 1 N–H and O–H groups in total. The first-order chi connectivity index (χ1) is 10.0. The molecule has 0 aliphatic heterocycles. The standard InChI is InChI=1S/C14H17F5N2O/c1-12(4-5-12)6-7-21-8-2-3-13(15,16)11(22)9(8)10(20-21)14(17,18)19/h11,22H,2-7H2,1H3/t11-/m0/s1. The van der Waals surface area contributed by atoms with Gasteiger partial charge in [-0.3, -0.25) is 4.68 Å². The Morgan fingerprint density at radius 2 is 1.91 bits per heavy atom. The second-order valence-electron chi connectivity index (χ2n) is 6.65. The predicted molar refractivity (Wildman–Crippen MR) is 67.4 cm³/mol. The molecule has 3 nitrogen and oxygen atoms in total. The summed E-state index contributed by atoms with van der Waals surface area (Å²) in [7, 11) is 0. The predicted octanol–water partition coefficient (Wildman–Crippen LogP) is 3.71. The molecule has 1 atom stereocenters. The van der Waals surface area contributed by atoms with E-state index in [0.29, 0.717) is 6.42 Å². The summed E-state index contributed by atoms with van der Waals surface area (Å²) in [6.07, 6.45) is -5.48. The number of hydrogen-bond acceptors (Lipinski definition) is 2. The van der Waals surface area contributed by atoms with Crippen LogP contribution in [-0.4, -0.2) is 20.8 Å². The maximum absolute atomic E-state index is 13.6. The molecule has 2 aliphatic carbocycles. The summed E-state index contributed by atoms with van der Waals surface area (Å²) in [5.74, 6) is -3.55. The summed E-state index contributed by atoms with van der Waals surface area (Å²) in [6, 6.07) is 0. The molecule has 124 valence electrons. The highest BCUT2D eigenvalue weighted by molar-refractivity contribution is 5.35. The van der Waals surface area contributed by atoms with E-state index in [4.69, 9.17) is 0 Å². The van der Waals surface area contributed by atoms with Crippen LogP contribution < -0.4 is 0 Å². The first-order valence-corrected chi connectivity index (χ1v) is 7.26. The highest BCUT2D eigenvalue weighted by Crippen LogP contribution is 2.49. The van der Waals surface area contributed by atoms with Crippen molar-refractivity contribution >= 4 is 0 Å². The normalized spacial score (nSPS) is 25.9. The van der Waals surface area contributed by atoms with Crippen LogP contribution in [0.2, 0.25) is 0 Å². The van der Waals surface area contributed by atoms with Gasteiger partial charge in [-0.05, 0) is 31.1 Å². The van der Waals surface area contributed by atoms with Crippen molar-refractivity contribution in [3.8, 4) is 0 Å². The van der Waals surface area contributed by atoms with Gasteiger partial charge in [0.1, 0.15) is 6.10 Å². The van der Waals surface area contributed by atoms with Crippen LogP contribution in [0.4, 0.5) is 22.0 Å². The summed E-state index contributed by atoms with van der Waals surface area (Å²) in [5.41, 5.74) is -1.91. The number of nitrogens with zero attached hydrogens (tertiary/aromatic N) is 2. The van der Waals surface area contributed by atoms with Crippen LogP contribution >= 0.6 is 0 Å². The summed E-state index contributed by atoms with van der Waals surface area (Å²) < 4.78 is 67.5. The second kappa shape index (κ2) is 4.66. The average molecular weight is 324 g/mol. The lowest BCUT2D eigenvalue weighted by molar-refractivity contribution is -0.150. The molecular formula is C14H17F5N2O. The lowest BCUT2D eigenvalue weighted by Gasteiger charge is -2.28. The number of halogens is 5. The lowest BCUT2D eigenvalue weighted by Crippen LogP contribution is -2.33. The summed E-state index contributed by atoms with van der Waals surface area (Å²) >= 11 is 0. The summed E-state index contributed by atoms with van der Waals surface area (Å²) in [4.78, 5) is 0. The van der Waals surface area contributed by atoms with Crippen molar-refractivity contribution in [3.05, 3.63) is 17.0 Å². The number of aromatic nitrogens is 2. The van der Waals surface area contributed by atoms with E-state index in [1.807, 2.05) is 6.92 Å². The maximum Gasteiger partial charge on any atom is 0.435 e. The van der Waals surface area contributed by atoms with Gasteiger partial charge in [0.2, 0.25) is 0 Å². The number of fused-ring (bicyclic) bond motifs is 1. The molecule has 1 heterocycles. The van der Waals surface area contributed by atoms with Crippen molar-refractivity contribution in [2.75, 3.05) is 0 Å². The van der Waals surface area contributed by atoms with Crippen molar-refractivity contribution in [1.29, 1.82) is 0 Å². The molecule has 0 radical (unpaired) electrons. The van der Waals surface area contributed by atoms with Crippen molar-refractivity contribution in [2.24, 2.45) is 5.41 Å². The van der Waals surface area contributed by atoms with Crippen LogP contribution in [0.1, 0.15) is 55.7 Å². The van der Waals surface area contributed by atoms with Crippen LogP contribution in [0.3, 0.4) is 0 Å². The number of aryl methyl sites for hydroxylation is 1. The van der Waals surface area contributed by atoms with Crippen molar-refractivity contribution in [1.82, 2.24) is 9.78 Å². The van der Waals surface area contributed by atoms with Crippen molar-refractivity contribution < 1.29 is 27.1 Å². The Balaban J connectivity index is 1.99. The Labute approximate surface area is 124 Å². The SMILES string of the molecule is CC1(CCn2nc(C(F)(F)F)c3c2CCC(F)(F)[C@H]3O)CC1. The minimum atomic E-state index is -4.85. The summed E-state index contributed by atoms with van der Waals surface area (Å²) in [6.45, 7) is 2.30. The highest BCUT2D eigenvalue weighted by Gasteiger charge is 2.51. The van der Waals surface area contributed by atoms with Crippen LogP contribution in [0.25, 0.3) is 0 Å². The van der Waals surface area contributed by atoms with Crippen LogP contribution in [0, 0.1) is 5.41 Å². The molecule has 0 bridgehead atoms. The minimum absolute atomic E-state index is 0.0926. The Morgan fingerprint density at radius 3 is 2.45 bits per heavy atom. The molecular weight excluding hydrogens is 307 g/mol. The molecule has 1 fully saturated rings. The van der Waals surface area contributed by atoms with Crippen molar-refractivity contribution in [2.45, 2.75) is 63.8 Å². The van der Waals surface area contributed by atoms with E-state index in [1.54, 1.807) is 0 Å². The van der Waals surface area contributed by atoms with Crippen LogP contribution in [-0.2, 0) is 19.1 Å². The fraction of sp³-hybridized carbons (Fsp3) is 0.786. The van der Waals surface area contributed by atoms with Gasteiger partial charge in [0, 0.05) is 24.2 Å². The zero-order valence-corrected chi connectivity index (χ0v) is 12.1. The van der Waals surface area contributed by atoms with Crippen molar-refractivity contribution in [3.63, 3.8) is 0 Å². The fourth-order valence-corrected chi connectivity index (χ4v) is 2.93. The van der Waals surface area contributed by atoms with E-state index in [2.05, 4.69) is 5.10 Å². The quantitative estimate of drug-likeness (QED) is 0.861. The molecule has 1 aromatic rings. The van der Waals surface area contributed by atoms with Gasteiger partial charge in [0.05, 0.1) is 0 Å². The topological polar surface area (TPSA) is 38.0 Å². The Hall–Kier alpha value is -1.18. The van der Waals surface area contributed by atoms with E-state index in [9.17, 15) is 27.1 Å². The minimum Gasteiger partial charge on any atom is -0.382 e. The molecule has 8 heteroatoms. The van der Waals surface area contributed by atoms with Crippen LogP contribution in [0.5, 0.6) is 0 Å². The van der Waals surface area contributed by atoms with Gasteiger partial charge in [0.15, 0.2) is 5.69 Å². The molecule has 2 aliphatic rings. The first kappa shape index (κ1) is 15.7. The number of alkyl halides is 5. The molecule has 0 amide bonds. The third-order valence-corrected chi connectivity index (χ3v) is 4.77. The number of aliphatic hydroxyl groups excluding tert-OH is 1. The van der Waals surface area contributed by atoms with Gasteiger partial charge >= 0.3 is 6.18 Å². The number of hydrogen-bond donors (Lipinski definition) is 1. The third-order valence-electron chi connectivity index (χ3n) is 4.77. The lowest BCUT2D eigenvalue weighted by atomic mass is 9.89. The van der Waals surface area contributed by atoms with E-state index >= 15 is 0 Å². The Bertz CT molecular complexity index is 589. The zero-order valence-electron chi connectivity index (χ0n) is 12.1. The maximum atomic E-state index is 13.6. The monoisotopic (exact) mass is 324 g/mol. The molecule has 0 unspecified atom stereocenters. The molecule has 1 saturated carbocycles. The fourth-order valence-electron chi connectivity index (χ4n) is 2.93. The van der Waals surface area contributed by atoms with E-state index in [-0.39, 0.29) is 24.1 Å². The Kier molecular flexibility index (Phi) is 3.33. The number of aliphatic hydroxyl groups is 1. The molecule has 0 aromatic carbocycles. The van der Waals surface area contributed by atoms with Gasteiger partial charge in [0.25, 0.3) is 5.92 Å². The van der Waals surface area contributed by atoms with E-state index in [1.165, 1.54) is 4.68 Å². The first-order valence-electron chi connectivity index (χ1n) is 7.26. The molecule has 0 saturated heterocycles. The van der Waals surface area contributed by atoms with Gasteiger partial charge in [-0.2, -0.15) is 18.3 Å². The van der Waals surface area contributed by atoms with Gasteiger partial charge in [-0.1, -0.05) is 6.92 Å². The Morgan fingerprint density at radius 1 is 1.27 bits per heavy atom. The summed E-state index contributed by atoms with van der Waals surface area (Å²) in [5, 5.41) is 13.2. The smallest absolute Gasteiger partial charge is 0.382 e. The van der Waals surface area contributed by atoms with Gasteiger partial charge < -0.3 is 5.11 Å².